The highest BCUT2D eigenvalue weighted by Crippen LogP contribution is 2.32. The number of ether oxygens (including phenoxy) is 5. The number of esters is 1. The van der Waals surface area contributed by atoms with Crippen LogP contribution < -0.4 is 0 Å². The van der Waals surface area contributed by atoms with Crippen LogP contribution in [0.3, 0.4) is 0 Å². The first-order valence-corrected chi connectivity index (χ1v) is 13.9. The van der Waals surface area contributed by atoms with Crippen molar-refractivity contribution in [3.8, 4) is 0 Å². The first-order chi connectivity index (χ1) is 18.1. The smallest absolute Gasteiger partial charge is 0.338 e. The van der Waals surface area contributed by atoms with Crippen LogP contribution in [0.4, 0.5) is 0 Å². The zero-order valence-corrected chi connectivity index (χ0v) is 22.6. The molecule has 2 aliphatic heterocycles. The second-order valence-corrected chi connectivity index (χ2v) is 11.1. The third-order valence-corrected chi connectivity index (χ3v) is 7.98. The summed E-state index contributed by atoms with van der Waals surface area (Å²) < 4.78 is 60.4. The van der Waals surface area contributed by atoms with E-state index in [0.717, 1.165) is 5.56 Å². The van der Waals surface area contributed by atoms with Crippen LogP contribution in [-0.2, 0) is 38.0 Å². The van der Waals surface area contributed by atoms with E-state index in [2.05, 4.69) is 0 Å². The Morgan fingerprint density at radius 3 is 2.18 bits per heavy atom. The van der Waals surface area contributed by atoms with E-state index in [-0.39, 0.29) is 17.7 Å². The Bertz CT molecular complexity index is 1160. The fourth-order valence-corrected chi connectivity index (χ4v) is 5.72. The number of aliphatic hydroxyl groups excluding tert-OH is 1. The second kappa shape index (κ2) is 12.2. The van der Waals surface area contributed by atoms with E-state index in [0.29, 0.717) is 5.56 Å². The van der Waals surface area contributed by atoms with Gasteiger partial charge in [0.2, 0.25) is 0 Å². The van der Waals surface area contributed by atoms with Crippen LogP contribution in [0.25, 0.3) is 0 Å². The molecule has 11 heteroatoms. The van der Waals surface area contributed by atoms with Gasteiger partial charge in [0.15, 0.2) is 18.7 Å². The third kappa shape index (κ3) is 6.78. The predicted molar refractivity (Wildman–Crippen MR) is 135 cm³/mol. The van der Waals surface area contributed by atoms with Crippen molar-refractivity contribution in [1.82, 2.24) is 0 Å². The molecule has 10 nitrogen and oxygen atoms in total. The van der Waals surface area contributed by atoms with Crippen molar-refractivity contribution in [2.45, 2.75) is 87.7 Å². The number of carbonyl (C=O) groups excluding carboxylic acids is 1. The standard InChI is InChI=1S/C27H34O10S/c1-16-10-12-20(13-11-16)38(30,31)37-26-18(3)33-23(32-4)15-22(26)35-24-14-21(28)25(17(2)34-24)36-27(29)19-8-6-5-7-9-19/h5-13,17-18,21-26,28H,14-15H2,1-4H3/t17-,18-,21-,22-,23+,24+,25-,26-/m1/s1. The number of carbonyl (C=O) groups is 1. The Labute approximate surface area is 222 Å². The van der Waals surface area contributed by atoms with Crippen molar-refractivity contribution < 1.29 is 46.2 Å². The molecule has 1 N–H and O–H groups in total. The third-order valence-electron chi connectivity index (χ3n) is 6.65. The molecule has 0 amide bonds. The zero-order chi connectivity index (χ0) is 27.4. The highest BCUT2D eigenvalue weighted by atomic mass is 32.2. The van der Waals surface area contributed by atoms with Gasteiger partial charge in [-0.25, -0.2) is 4.79 Å². The minimum absolute atomic E-state index is 0.00209. The summed E-state index contributed by atoms with van der Waals surface area (Å²) in [6.07, 6.45) is -6.54. The number of benzene rings is 2. The van der Waals surface area contributed by atoms with Gasteiger partial charge < -0.3 is 28.8 Å². The molecule has 2 aromatic carbocycles. The van der Waals surface area contributed by atoms with Gasteiger partial charge in [0.1, 0.15) is 6.10 Å². The van der Waals surface area contributed by atoms with E-state index < -0.39 is 65.3 Å². The van der Waals surface area contributed by atoms with Gasteiger partial charge in [-0.15, -0.1) is 0 Å². The summed E-state index contributed by atoms with van der Waals surface area (Å²) >= 11 is 0. The van der Waals surface area contributed by atoms with Gasteiger partial charge in [-0.2, -0.15) is 8.42 Å². The average Bonchev–Trinajstić information content (AvgIpc) is 2.88. The molecule has 2 heterocycles. The predicted octanol–water partition coefficient (Wildman–Crippen LogP) is 2.96. The highest BCUT2D eigenvalue weighted by Gasteiger charge is 2.45. The van der Waals surface area contributed by atoms with Crippen LogP contribution >= 0.6 is 0 Å². The molecule has 0 radical (unpaired) electrons. The van der Waals surface area contributed by atoms with E-state index in [1.807, 2.05) is 6.92 Å². The summed E-state index contributed by atoms with van der Waals surface area (Å²) in [6, 6.07) is 14.8. The van der Waals surface area contributed by atoms with E-state index in [1.54, 1.807) is 56.3 Å². The lowest BCUT2D eigenvalue weighted by Gasteiger charge is -2.43. The van der Waals surface area contributed by atoms with Crippen molar-refractivity contribution in [1.29, 1.82) is 0 Å². The lowest BCUT2D eigenvalue weighted by molar-refractivity contribution is -0.300. The molecule has 208 valence electrons. The molecule has 2 aromatic rings. The molecule has 0 bridgehead atoms. The average molecular weight is 551 g/mol. The number of methoxy groups -OCH3 is 1. The molecular formula is C27H34O10S. The molecule has 2 aliphatic rings. The normalized spacial score (nSPS) is 32.0. The Hall–Kier alpha value is -2.38. The molecule has 0 aromatic heterocycles. The van der Waals surface area contributed by atoms with Crippen LogP contribution in [0.1, 0.15) is 42.6 Å². The van der Waals surface area contributed by atoms with E-state index in [9.17, 15) is 18.3 Å². The number of hydrogen-bond donors (Lipinski definition) is 1. The lowest BCUT2D eigenvalue weighted by atomic mass is 10.0. The van der Waals surface area contributed by atoms with Crippen LogP contribution in [0.5, 0.6) is 0 Å². The minimum atomic E-state index is -4.13. The summed E-state index contributed by atoms with van der Waals surface area (Å²) in [5.41, 5.74) is 1.28. The minimum Gasteiger partial charge on any atom is -0.453 e. The summed E-state index contributed by atoms with van der Waals surface area (Å²) in [7, 11) is -2.65. The second-order valence-electron chi connectivity index (χ2n) is 9.55. The molecule has 0 saturated carbocycles. The van der Waals surface area contributed by atoms with Gasteiger partial charge in [0.05, 0.1) is 34.9 Å². The van der Waals surface area contributed by atoms with Gasteiger partial charge >= 0.3 is 5.97 Å². The first kappa shape index (κ1) is 28.6. The van der Waals surface area contributed by atoms with Crippen molar-refractivity contribution in [3.63, 3.8) is 0 Å². The molecule has 0 aliphatic carbocycles. The Morgan fingerprint density at radius 2 is 1.55 bits per heavy atom. The quantitative estimate of drug-likeness (QED) is 0.387. The van der Waals surface area contributed by atoms with Crippen molar-refractivity contribution >= 4 is 16.1 Å². The monoisotopic (exact) mass is 550 g/mol. The molecule has 2 saturated heterocycles. The fraction of sp³-hybridized carbons (Fsp3) is 0.519. The topological polar surface area (TPSA) is 127 Å². The van der Waals surface area contributed by atoms with Gasteiger partial charge in [-0.05, 0) is 45.0 Å². The number of aryl methyl sites for hydroxylation is 1. The van der Waals surface area contributed by atoms with Crippen molar-refractivity contribution in [2.24, 2.45) is 0 Å². The van der Waals surface area contributed by atoms with E-state index in [1.165, 1.54) is 19.2 Å². The van der Waals surface area contributed by atoms with Crippen LogP contribution in [0.2, 0.25) is 0 Å². The number of aliphatic hydroxyl groups is 1. The Morgan fingerprint density at radius 1 is 0.921 bits per heavy atom. The molecule has 0 spiro atoms. The summed E-state index contributed by atoms with van der Waals surface area (Å²) in [5.74, 6) is -0.569. The summed E-state index contributed by atoms with van der Waals surface area (Å²) in [5, 5.41) is 10.8. The SMILES string of the molecule is CO[C@@H]1C[C@@H](O[C@H]2C[C@@H](O)[C@H](OC(=O)c3ccccc3)[C@@H](C)O2)[C@H](OS(=O)(=O)c2ccc(C)cc2)[C@@H](C)O1. The van der Waals surface area contributed by atoms with E-state index >= 15 is 0 Å². The zero-order valence-electron chi connectivity index (χ0n) is 21.8. The molecule has 38 heavy (non-hydrogen) atoms. The summed E-state index contributed by atoms with van der Waals surface area (Å²) in [4.78, 5) is 12.5. The molecule has 8 atom stereocenters. The molecule has 4 rings (SSSR count). The number of rotatable bonds is 8. The molecule has 0 unspecified atom stereocenters. The Kier molecular flexibility index (Phi) is 9.19. The van der Waals surface area contributed by atoms with Gasteiger partial charge in [-0.3, -0.25) is 4.18 Å². The largest absolute Gasteiger partial charge is 0.453 e. The lowest BCUT2D eigenvalue weighted by Crippen LogP contribution is -2.55. The van der Waals surface area contributed by atoms with Crippen LogP contribution in [0.15, 0.2) is 59.5 Å². The maximum Gasteiger partial charge on any atom is 0.338 e. The maximum absolute atomic E-state index is 13.0. The van der Waals surface area contributed by atoms with Crippen molar-refractivity contribution in [2.75, 3.05) is 7.11 Å². The maximum atomic E-state index is 13.0. The Balaban J connectivity index is 1.45. The van der Waals surface area contributed by atoms with Gasteiger partial charge in [-0.1, -0.05) is 35.9 Å². The van der Waals surface area contributed by atoms with Crippen molar-refractivity contribution in [3.05, 3.63) is 65.7 Å². The van der Waals surface area contributed by atoms with Crippen LogP contribution in [-0.4, -0.2) is 75.8 Å². The fourth-order valence-electron chi connectivity index (χ4n) is 4.57. The van der Waals surface area contributed by atoms with Gasteiger partial charge in [0, 0.05) is 20.0 Å². The summed E-state index contributed by atoms with van der Waals surface area (Å²) in [6.45, 7) is 5.20. The first-order valence-electron chi connectivity index (χ1n) is 12.5. The van der Waals surface area contributed by atoms with Crippen LogP contribution in [0, 0.1) is 6.92 Å². The molecule has 2 fully saturated rings. The highest BCUT2D eigenvalue weighted by molar-refractivity contribution is 7.86. The molecular weight excluding hydrogens is 516 g/mol. The van der Waals surface area contributed by atoms with E-state index in [4.69, 9.17) is 27.9 Å². The van der Waals surface area contributed by atoms with Gasteiger partial charge in [0.25, 0.3) is 10.1 Å². The number of hydrogen-bond acceptors (Lipinski definition) is 10.